The Morgan fingerprint density at radius 2 is 2.17 bits per heavy atom. The Balaban J connectivity index is 2.50. The van der Waals surface area contributed by atoms with Crippen LogP contribution in [0.25, 0.3) is 11.3 Å². The minimum Gasteiger partial charge on any atom is -0.467 e. The Morgan fingerprint density at radius 1 is 1.42 bits per heavy atom. The number of benzene rings is 1. The molecule has 0 aliphatic carbocycles. The zero-order valence-electron chi connectivity index (χ0n) is 14.2. The average Bonchev–Trinajstić information content (AvgIpc) is 3.04. The molecule has 24 heavy (non-hydrogen) atoms. The second-order valence-electron chi connectivity index (χ2n) is 5.31. The molecule has 0 saturated heterocycles. The summed E-state index contributed by atoms with van der Waals surface area (Å²) in [6, 6.07) is 9.47. The van der Waals surface area contributed by atoms with Crippen LogP contribution in [-0.2, 0) is 16.0 Å². The van der Waals surface area contributed by atoms with Gasteiger partial charge in [0.25, 0.3) is 0 Å². The molecular weight excluding hydrogens is 300 g/mol. The van der Waals surface area contributed by atoms with Crippen molar-refractivity contribution in [2.45, 2.75) is 32.2 Å². The largest absolute Gasteiger partial charge is 0.467 e. The van der Waals surface area contributed by atoms with E-state index < -0.39 is 6.04 Å². The number of aromatic nitrogens is 2. The third-order valence-corrected chi connectivity index (χ3v) is 3.81. The Labute approximate surface area is 143 Å². The summed E-state index contributed by atoms with van der Waals surface area (Å²) in [5.41, 5.74) is 2.91. The SMILES string of the molecule is C=CCCc1c(-c2ccccc2)ncn1C(CC#CC)C(=O)OC. The monoisotopic (exact) mass is 322 g/mol. The van der Waals surface area contributed by atoms with Crippen molar-refractivity contribution in [2.24, 2.45) is 0 Å². The number of carbonyl (C=O) groups excluding carboxylic acids is 1. The summed E-state index contributed by atoms with van der Waals surface area (Å²) in [5, 5.41) is 0. The number of imidazole rings is 1. The Kier molecular flexibility index (Phi) is 6.39. The van der Waals surface area contributed by atoms with Gasteiger partial charge in [-0.15, -0.1) is 18.4 Å². The zero-order valence-corrected chi connectivity index (χ0v) is 14.2. The number of carbonyl (C=O) groups is 1. The molecule has 0 saturated carbocycles. The van der Waals surface area contributed by atoms with E-state index >= 15 is 0 Å². The fourth-order valence-electron chi connectivity index (χ4n) is 2.61. The van der Waals surface area contributed by atoms with Gasteiger partial charge in [-0.05, 0) is 19.8 Å². The second-order valence-corrected chi connectivity index (χ2v) is 5.31. The zero-order chi connectivity index (χ0) is 17.4. The fraction of sp³-hybridized carbons (Fsp3) is 0.300. The Bertz CT molecular complexity index is 751. The predicted molar refractivity (Wildman–Crippen MR) is 95.3 cm³/mol. The second kappa shape index (κ2) is 8.73. The molecule has 4 nitrogen and oxygen atoms in total. The van der Waals surface area contributed by atoms with Gasteiger partial charge >= 0.3 is 5.97 Å². The topological polar surface area (TPSA) is 44.1 Å². The molecule has 0 aliphatic rings. The summed E-state index contributed by atoms with van der Waals surface area (Å²) in [6.07, 6.45) is 5.53. The van der Waals surface area contributed by atoms with Crippen molar-refractivity contribution in [3.63, 3.8) is 0 Å². The molecule has 1 aromatic heterocycles. The molecule has 0 N–H and O–H groups in total. The van der Waals surface area contributed by atoms with Gasteiger partial charge in [-0.25, -0.2) is 9.78 Å². The molecular formula is C20H22N2O2. The Morgan fingerprint density at radius 3 is 2.79 bits per heavy atom. The van der Waals surface area contributed by atoms with Crippen LogP contribution in [0.4, 0.5) is 0 Å². The first-order chi connectivity index (χ1) is 11.7. The van der Waals surface area contributed by atoms with E-state index in [9.17, 15) is 4.79 Å². The van der Waals surface area contributed by atoms with Gasteiger partial charge in [-0.3, -0.25) is 0 Å². The number of hydrogen-bond donors (Lipinski definition) is 0. The smallest absolute Gasteiger partial charge is 0.329 e. The molecule has 4 heteroatoms. The van der Waals surface area contributed by atoms with Gasteiger partial charge < -0.3 is 9.30 Å². The quantitative estimate of drug-likeness (QED) is 0.442. The lowest BCUT2D eigenvalue weighted by Crippen LogP contribution is -2.22. The number of allylic oxidation sites excluding steroid dienone is 1. The number of nitrogens with zero attached hydrogens (tertiary/aromatic N) is 2. The fourth-order valence-corrected chi connectivity index (χ4v) is 2.61. The lowest BCUT2D eigenvalue weighted by atomic mass is 10.1. The summed E-state index contributed by atoms with van der Waals surface area (Å²) >= 11 is 0. The Hall–Kier alpha value is -2.80. The first kappa shape index (κ1) is 17.6. The first-order valence-electron chi connectivity index (χ1n) is 7.92. The van der Waals surface area contributed by atoms with Gasteiger partial charge in [0, 0.05) is 17.7 Å². The van der Waals surface area contributed by atoms with Crippen LogP contribution in [0.15, 0.2) is 49.3 Å². The molecule has 0 fully saturated rings. The average molecular weight is 322 g/mol. The maximum absolute atomic E-state index is 12.2. The van der Waals surface area contributed by atoms with E-state index in [2.05, 4.69) is 23.4 Å². The summed E-state index contributed by atoms with van der Waals surface area (Å²) in [4.78, 5) is 16.8. The van der Waals surface area contributed by atoms with Crippen LogP contribution in [0.1, 0.15) is 31.5 Å². The van der Waals surface area contributed by atoms with Crippen molar-refractivity contribution in [3.05, 3.63) is 55.0 Å². The highest BCUT2D eigenvalue weighted by Crippen LogP contribution is 2.27. The minimum atomic E-state index is -0.493. The highest BCUT2D eigenvalue weighted by Gasteiger charge is 2.24. The van der Waals surface area contributed by atoms with Crippen LogP contribution in [0.2, 0.25) is 0 Å². The van der Waals surface area contributed by atoms with E-state index in [1.807, 2.05) is 41.0 Å². The van der Waals surface area contributed by atoms with Crippen molar-refractivity contribution in [2.75, 3.05) is 7.11 Å². The van der Waals surface area contributed by atoms with Crippen molar-refractivity contribution in [3.8, 4) is 23.1 Å². The number of hydrogen-bond acceptors (Lipinski definition) is 3. The molecule has 0 spiro atoms. The lowest BCUT2D eigenvalue weighted by Gasteiger charge is -2.17. The summed E-state index contributed by atoms with van der Waals surface area (Å²) < 4.78 is 6.85. The third kappa shape index (κ3) is 3.94. The summed E-state index contributed by atoms with van der Waals surface area (Å²) in [5.74, 6) is 5.50. The van der Waals surface area contributed by atoms with Crippen molar-refractivity contribution in [1.29, 1.82) is 0 Å². The molecule has 1 heterocycles. The maximum Gasteiger partial charge on any atom is 0.329 e. The highest BCUT2D eigenvalue weighted by molar-refractivity contribution is 5.75. The first-order valence-corrected chi connectivity index (χ1v) is 7.92. The lowest BCUT2D eigenvalue weighted by molar-refractivity contribution is -0.144. The molecule has 124 valence electrons. The van der Waals surface area contributed by atoms with Crippen LogP contribution in [0.5, 0.6) is 0 Å². The normalized spacial score (nSPS) is 11.2. The number of ether oxygens (including phenoxy) is 1. The standard InChI is InChI=1S/C20H22N2O2/c1-4-6-13-17-19(16-11-9-8-10-12-16)21-15-22(17)18(14-7-5-2)20(23)24-3/h4,8-12,15,18H,1,6,13-14H2,2-3H3. The maximum atomic E-state index is 12.2. The molecule has 2 rings (SSSR count). The molecule has 0 amide bonds. The van der Waals surface area contributed by atoms with Gasteiger partial charge in [0.15, 0.2) is 0 Å². The van der Waals surface area contributed by atoms with Gasteiger partial charge in [-0.2, -0.15) is 0 Å². The number of methoxy groups -OCH3 is 1. The summed E-state index contributed by atoms with van der Waals surface area (Å²) in [7, 11) is 1.40. The summed E-state index contributed by atoms with van der Waals surface area (Å²) in [6.45, 7) is 5.55. The molecule has 1 aromatic carbocycles. The van der Waals surface area contributed by atoms with Crippen LogP contribution >= 0.6 is 0 Å². The van der Waals surface area contributed by atoms with Crippen molar-refractivity contribution in [1.82, 2.24) is 9.55 Å². The predicted octanol–water partition coefficient (Wildman–Crippen LogP) is 3.80. The van der Waals surface area contributed by atoms with Gasteiger partial charge in [0.05, 0.1) is 19.1 Å². The molecule has 1 atom stereocenters. The molecule has 0 radical (unpaired) electrons. The molecule has 2 aromatic rings. The number of esters is 1. The van der Waals surface area contributed by atoms with E-state index in [0.29, 0.717) is 6.42 Å². The molecule has 1 unspecified atom stereocenters. The van der Waals surface area contributed by atoms with Gasteiger partial charge in [0.1, 0.15) is 6.04 Å². The van der Waals surface area contributed by atoms with E-state index in [1.54, 1.807) is 13.3 Å². The van der Waals surface area contributed by atoms with Gasteiger partial charge in [-0.1, -0.05) is 36.4 Å². The van der Waals surface area contributed by atoms with E-state index in [0.717, 1.165) is 29.8 Å². The molecule has 0 aliphatic heterocycles. The molecule has 0 bridgehead atoms. The minimum absolute atomic E-state index is 0.311. The van der Waals surface area contributed by atoms with Crippen LogP contribution in [0.3, 0.4) is 0 Å². The highest BCUT2D eigenvalue weighted by atomic mass is 16.5. The van der Waals surface area contributed by atoms with Crippen LogP contribution in [0, 0.1) is 11.8 Å². The van der Waals surface area contributed by atoms with E-state index in [-0.39, 0.29) is 5.97 Å². The third-order valence-electron chi connectivity index (χ3n) is 3.81. The van der Waals surface area contributed by atoms with Gasteiger partial charge in [0.2, 0.25) is 0 Å². The van der Waals surface area contributed by atoms with E-state index in [4.69, 9.17) is 4.74 Å². The van der Waals surface area contributed by atoms with Crippen molar-refractivity contribution < 1.29 is 9.53 Å². The number of rotatable bonds is 7. The van der Waals surface area contributed by atoms with E-state index in [1.165, 1.54) is 7.11 Å². The van der Waals surface area contributed by atoms with Crippen molar-refractivity contribution >= 4 is 5.97 Å². The van der Waals surface area contributed by atoms with Crippen LogP contribution < -0.4 is 0 Å². The van der Waals surface area contributed by atoms with Crippen LogP contribution in [-0.4, -0.2) is 22.6 Å².